The van der Waals surface area contributed by atoms with Crippen molar-refractivity contribution in [3.63, 3.8) is 0 Å². The summed E-state index contributed by atoms with van der Waals surface area (Å²) in [7, 11) is 0. The van der Waals surface area contributed by atoms with E-state index in [0.717, 1.165) is 33.5 Å². The summed E-state index contributed by atoms with van der Waals surface area (Å²) in [6.45, 7) is 11.1. The van der Waals surface area contributed by atoms with Crippen molar-refractivity contribution in [1.82, 2.24) is 29.2 Å². The average molecular weight is 500 g/mol. The monoisotopic (exact) mass is 499 g/mol. The predicted octanol–water partition coefficient (Wildman–Crippen LogP) is 3.20. The third kappa shape index (κ3) is 4.61. The minimum absolute atomic E-state index is 0.0415. The molecule has 1 fully saturated rings. The molecule has 192 valence electrons. The summed E-state index contributed by atoms with van der Waals surface area (Å²) in [4.78, 5) is 39.3. The van der Waals surface area contributed by atoms with Crippen molar-refractivity contribution >= 4 is 22.9 Å². The molecule has 0 bridgehead atoms. The number of hydrogen-bond donors (Lipinski definition) is 0. The fourth-order valence-electron chi connectivity index (χ4n) is 5.30. The van der Waals surface area contributed by atoms with Crippen LogP contribution in [0.15, 0.2) is 47.5 Å². The Hall–Kier alpha value is -4.01. The topological polar surface area (TPSA) is 89.2 Å². The number of carbonyl (C=O) groups excluding carboxylic acids is 1. The number of hydrogen-bond acceptors (Lipinski definition) is 6. The summed E-state index contributed by atoms with van der Waals surface area (Å²) in [5, 5.41) is 5.81. The van der Waals surface area contributed by atoms with Gasteiger partial charge in [-0.3, -0.25) is 14.2 Å². The van der Waals surface area contributed by atoms with Crippen LogP contribution in [0.25, 0.3) is 16.7 Å². The van der Waals surface area contributed by atoms with Gasteiger partial charge in [0.2, 0.25) is 11.9 Å². The maximum Gasteiger partial charge on any atom is 0.255 e. The molecule has 5 rings (SSSR count). The van der Waals surface area contributed by atoms with E-state index in [-0.39, 0.29) is 11.5 Å². The van der Waals surface area contributed by atoms with Crippen LogP contribution in [0.5, 0.6) is 0 Å². The van der Waals surface area contributed by atoms with Crippen molar-refractivity contribution in [3.8, 4) is 5.69 Å². The Kier molecular flexibility index (Phi) is 6.78. The minimum atomic E-state index is -0.0415. The number of aromatic nitrogens is 5. The molecule has 3 aromatic heterocycles. The van der Waals surface area contributed by atoms with Crippen molar-refractivity contribution in [2.45, 2.75) is 47.1 Å². The highest BCUT2D eigenvalue weighted by molar-refractivity contribution is 5.85. The molecular weight excluding hydrogens is 466 g/mol. The summed E-state index contributed by atoms with van der Waals surface area (Å²) in [6.07, 6.45) is 4.18. The summed E-state index contributed by atoms with van der Waals surface area (Å²) >= 11 is 0. The lowest BCUT2D eigenvalue weighted by Crippen LogP contribution is -2.49. The maximum absolute atomic E-state index is 13.7. The van der Waals surface area contributed by atoms with Gasteiger partial charge in [0.15, 0.2) is 0 Å². The van der Waals surface area contributed by atoms with Gasteiger partial charge in [0.25, 0.3) is 5.56 Å². The summed E-state index contributed by atoms with van der Waals surface area (Å²) in [6, 6.07) is 9.92. The second kappa shape index (κ2) is 10.2. The number of pyridine rings is 1. The molecule has 0 spiro atoms. The molecule has 1 amide bonds. The molecule has 0 N–H and O–H groups in total. The lowest BCUT2D eigenvalue weighted by molar-refractivity contribution is -0.131. The molecule has 4 heterocycles. The van der Waals surface area contributed by atoms with Crippen LogP contribution in [0.2, 0.25) is 0 Å². The van der Waals surface area contributed by atoms with E-state index in [4.69, 9.17) is 5.10 Å². The summed E-state index contributed by atoms with van der Waals surface area (Å²) in [5.41, 5.74) is 5.33. The highest BCUT2D eigenvalue weighted by Gasteiger charge is 2.25. The molecular formula is C28H33N7O2. The molecule has 0 atom stereocenters. The van der Waals surface area contributed by atoms with Crippen molar-refractivity contribution in [2.75, 3.05) is 31.1 Å². The van der Waals surface area contributed by atoms with Crippen LogP contribution in [0, 0.1) is 20.8 Å². The zero-order valence-electron chi connectivity index (χ0n) is 21.9. The van der Waals surface area contributed by atoms with Gasteiger partial charge < -0.3 is 9.80 Å². The van der Waals surface area contributed by atoms with Crippen LogP contribution in [0.4, 0.5) is 5.95 Å². The van der Waals surface area contributed by atoms with E-state index in [0.29, 0.717) is 57.1 Å². The first-order valence-electron chi connectivity index (χ1n) is 12.9. The molecule has 1 aliphatic heterocycles. The number of anilines is 1. The highest BCUT2D eigenvalue weighted by Crippen LogP contribution is 2.27. The molecule has 9 heteroatoms. The van der Waals surface area contributed by atoms with E-state index >= 15 is 0 Å². The van der Waals surface area contributed by atoms with Crippen molar-refractivity contribution in [2.24, 2.45) is 0 Å². The van der Waals surface area contributed by atoms with Crippen LogP contribution >= 0.6 is 0 Å². The van der Waals surface area contributed by atoms with E-state index in [1.165, 1.54) is 0 Å². The highest BCUT2D eigenvalue weighted by atomic mass is 16.2. The third-order valence-electron chi connectivity index (χ3n) is 7.24. The molecule has 0 saturated carbocycles. The number of aryl methyl sites for hydroxylation is 4. The largest absolute Gasteiger partial charge is 0.339 e. The Balaban J connectivity index is 1.38. The molecule has 1 aromatic carbocycles. The Bertz CT molecular complexity index is 1500. The number of carbonyl (C=O) groups is 1. The number of nitrogens with zero attached hydrogens (tertiary/aromatic N) is 7. The van der Waals surface area contributed by atoms with Crippen LogP contribution in [-0.4, -0.2) is 61.3 Å². The van der Waals surface area contributed by atoms with Gasteiger partial charge in [-0.25, -0.2) is 14.6 Å². The lowest BCUT2D eigenvalue weighted by atomic mass is 10.0. The van der Waals surface area contributed by atoms with Gasteiger partial charge in [-0.2, -0.15) is 5.10 Å². The standard InChI is InChI=1S/C28H33N7O2/c1-5-34-26-25(21(4)31-35(26)22-9-6-8-19(2)18-22)20(3)23(27(34)37)10-11-24(36)32-14-16-33(17-15-32)28-29-12-7-13-30-28/h6-9,12-13,18H,5,10-11,14-17H2,1-4H3. The summed E-state index contributed by atoms with van der Waals surface area (Å²) in [5.74, 6) is 0.767. The Morgan fingerprint density at radius 1 is 1.00 bits per heavy atom. The first-order valence-corrected chi connectivity index (χ1v) is 12.9. The molecule has 1 saturated heterocycles. The van der Waals surface area contributed by atoms with Gasteiger partial charge in [0.05, 0.1) is 11.4 Å². The van der Waals surface area contributed by atoms with Crippen molar-refractivity contribution in [3.05, 3.63) is 75.5 Å². The quantitative estimate of drug-likeness (QED) is 0.405. The van der Waals surface area contributed by atoms with E-state index in [9.17, 15) is 9.59 Å². The average Bonchev–Trinajstić information content (AvgIpc) is 3.26. The molecule has 37 heavy (non-hydrogen) atoms. The van der Waals surface area contributed by atoms with Crippen LogP contribution in [0.3, 0.4) is 0 Å². The number of amides is 1. The van der Waals surface area contributed by atoms with Gasteiger partial charge in [-0.1, -0.05) is 12.1 Å². The van der Waals surface area contributed by atoms with E-state index in [1.807, 2.05) is 55.5 Å². The molecule has 1 aliphatic rings. The Labute approximate surface area is 216 Å². The third-order valence-corrected chi connectivity index (χ3v) is 7.24. The number of fused-ring (bicyclic) bond motifs is 1. The molecule has 0 aliphatic carbocycles. The number of rotatable bonds is 6. The van der Waals surface area contributed by atoms with Gasteiger partial charge in [0.1, 0.15) is 5.65 Å². The second-order valence-electron chi connectivity index (χ2n) is 9.60. The van der Waals surface area contributed by atoms with Crippen LogP contribution < -0.4 is 10.5 Å². The van der Waals surface area contributed by atoms with E-state index in [2.05, 4.69) is 20.9 Å². The van der Waals surface area contributed by atoms with Crippen LogP contribution in [0.1, 0.15) is 35.7 Å². The van der Waals surface area contributed by atoms with Gasteiger partial charge in [-0.15, -0.1) is 0 Å². The number of benzene rings is 1. The maximum atomic E-state index is 13.7. The zero-order chi connectivity index (χ0) is 26.1. The first kappa shape index (κ1) is 24.7. The molecule has 0 radical (unpaired) electrons. The lowest BCUT2D eigenvalue weighted by Gasteiger charge is -2.34. The Morgan fingerprint density at radius 2 is 1.73 bits per heavy atom. The van der Waals surface area contributed by atoms with Crippen LogP contribution in [-0.2, 0) is 17.8 Å². The number of piperazine rings is 1. The Morgan fingerprint density at radius 3 is 2.41 bits per heavy atom. The SMILES string of the molecule is CCn1c(=O)c(CCC(=O)N2CCN(c3ncccn3)CC2)c(C)c2c(C)nn(-c3cccc(C)c3)c21. The van der Waals surface area contributed by atoms with Gasteiger partial charge in [0, 0.05) is 62.5 Å². The fourth-order valence-corrected chi connectivity index (χ4v) is 5.30. The van der Waals surface area contributed by atoms with Gasteiger partial charge in [-0.05, 0) is 63.4 Å². The minimum Gasteiger partial charge on any atom is -0.339 e. The fraction of sp³-hybridized carbons (Fsp3) is 0.393. The molecule has 0 unspecified atom stereocenters. The molecule has 4 aromatic rings. The van der Waals surface area contributed by atoms with E-state index in [1.54, 1.807) is 23.0 Å². The molecule has 9 nitrogen and oxygen atoms in total. The summed E-state index contributed by atoms with van der Waals surface area (Å²) < 4.78 is 3.67. The predicted molar refractivity (Wildman–Crippen MR) is 144 cm³/mol. The second-order valence-corrected chi connectivity index (χ2v) is 9.60. The van der Waals surface area contributed by atoms with Gasteiger partial charge >= 0.3 is 0 Å². The zero-order valence-corrected chi connectivity index (χ0v) is 21.9. The van der Waals surface area contributed by atoms with Crippen molar-refractivity contribution in [1.29, 1.82) is 0 Å². The normalized spacial score (nSPS) is 13.9. The van der Waals surface area contributed by atoms with E-state index < -0.39 is 0 Å². The smallest absolute Gasteiger partial charge is 0.255 e. The first-order chi connectivity index (χ1) is 17.9. The van der Waals surface area contributed by atoms with Crippen molar-refractivity contribution < 1.29 is 4.79 Å².